The van der Waals surface area contributed by atoms with Gasteiger partial charge in [0.15, 0.2) is 0 Å². The Kier molecular flexibility index (Phi) is 1.65. The molecule has 0 aromatic carbocycles. The summed E-state index contributed by atoms with van der Waals surface area (Å²) in [6, 6.07) is 0. The number of piperidine rings is 1. The summed E-state index contributed by atoms with van der Waals surface area (Å²) in [6.07, 6.45) is 0.891. The van der Waals surface area contributed by atoms with Gasteiger partial charge in [-0.1, -0.05) is 0 Å². The Bertz CT molecular complexity index is 156. The Labute approximate surface area is 66.8 Å². The van der Waals surface area contributed by atoms with Crippen LogP contribution in [0.15, 0.2) is 0 Å². The molecule has 2 saturated heterocycles. The number of likely N-dealkylation sites (tertiary alicyclic amines) is 1. The molecule has 64 valence electrons. The third-order valence-electron chi connectivity index (χ3n) is 3.10. The fourth-order valence-electron chi connectivity index (χ4n) is 2.07. The van der Waals surface area contributed by atoms with Gasteiger partial charge in [0.1, 0.15) is 6.17 Å². The van der Waals surface area contributed by atoms with Crippen LogP contribution < -0.4 is 5.32 Å². The van der Waals surface area contributed by atoms with E-state index in [-0.39, 0.29) is 5.54 Å². The average molecular weight is 158 g/mol. The number of rotatable bonds is 0. The Balaban J connectivity index is 2.04. The van der Waals surface area contributed by atoms with E-state index in [0.29, 0.717) is 0 Å². The maximum absolute atomic E-state index is 13.0. The van der Waals surface area contributed by atoms with Crippen molar-refractivity contribution in [2.24, 2.45) is 0 Å². The highest BCUT2D eigenvalue weighted by atomic mass is 19.1. The van der Waals surface area contributed by atoms with Crippen LogP contribution in [0.3, 0.4) is 0 Å². The van der Waals surface area contributed by atoms with E-state index >= 15 is 0 Å². The van der Waals surface area contributed by atoms with Gasteiger partial charge in [-0.25, -0.2) is 4.39 Å². The molecule has 1 spiro atoms. The van der Waals surface area contributed by atoms with Gasteiger partial charge in [0.2, 0.25) is 0 Å². The van der Waals surface area contributed by atoms with E-state index in [1.165, 1.54) is 0 Å². The molecule has 0 amide bonds. The number of hydrogen-bond donors (Lipinski definition) is 1. The first-order chi connectivity index (χ1) is 5.23. The second-order valence-corrected chi connectivity index (χ2v) is 3.84. The molecule has 0 aliphatic carbocycles. The Hall–Kier alpha value is -0.150. The number of likely N-dealkylation sites (N-methyl/N-ethyl adjacent to an activating group) is 1. The predicted molar refractivity (Wildman–Crippen MR) is 42.4 cm³/mol. The molecular weight excluding hydrogens is 143 g/mol. The molecule has 2 fully saturated rings. The molecule has 2 aliphatic heterocycles. The summed E-state index contributed by atoms with van der Waals surface area (Å²) in [4.78, 5) is 2.31. The normalized spacial score (nSPS) is 37.1. The van der Waals surface area contributed by atoms with Crippen LogP contribution in [-0.2, 0) is 0 Å². The molecule has 0 aromatic heterocycles. The molecule has 2 heterocycles. The van der Waals surface area contributed by atoms with Crippen molar-refractivity contribution in [3.05, 3.63) is 0 Å². The SMILES string of the molecule is CN1CCC(F)CC12CNC2. The summed E-state index contributed by atoms with van der Waals surface area (Å²) < 4.78 is 13.0. The van der Waals surface area contributed by atoms with E-state index in [1.807, 2.05) is 0 Å². The number of nitrogens with one attached hydrogen (secondary N) is 1. The first kappa shape index (κ1) is 7.50. The van der Waals surface area contributed by atoms with Crippen LogP contribution >= 0.6 is 0 Å². The minimum absolute atomic E-state index is 0.178. The highest BCUT2D eigenvalue weighted by molar-refractivity contribution is 5.04. The zero-order valence-electron chi connectivity index (χ0n) is 6.94. The number of nitrogens with zero attached hydrogens (tertiary/aromatic N) is 1. The van der Waals surface area contributed by atoms with Gasteiger partial charge in [0.05, 0.1) is 0 Å². The van der Waals surface area contributed by atoms with Gasteiger partial charge < -0.3 is 5.32 Å². The molecule has 2 nitrogen and oxygen atoms in total. The highest BCUT2D eigenvalue weighted by Gasteiger charge is 2.45. The summed E-state index contributed by atoms with van der Waals surface area (Å²) >= 11 is 0. The topological polar surface area (TPSA) is 15.3 Å². The van der Waals surface area contributed by atoms with Gasteiger partial charge in [0.25, 0.3) is 0 Å². The first-order valence-electron chi connectivity index (χ1n) is 4.29. The first-order valence-corrected chi connectivity index (χ1v) is 4.29. The predicted octanol–water partition coefficient (Wildman–Crippen LogP) is 0.392. The Morgan fingerprint density at radius 2 is 2.27 bits per heavy atom. The van der Waals surface area contributed by atoms with Crippen LogP contribution in [-0.4, -0.2) is 43.3 Å². The maximum atomic E-state index is 13.0. The second kappa shape index (κ2) is 2.42. The molecule has 1 atom stereocenters. The van der Waals surface area contributed by atoms with Gasteiger partial charge in [-0.15, -0.1) is 0 Å². The molecule has 2 aliphatic rings. The number of alkyl halides is 1. The van der Waals surface area contributed by atoms with Crippen molar-refractivity contribution in [3.63, 3.8) is 0 Å². The molecule has 0 radical (unpaired) electrons. The summed E-state index contributed by atoms with van der Waals surface area (Å²) in [5.41, 5.74) is 0.178. The van der Waals surface area contributed by atoms with E-state index in [2.05, 4.69) is 17.3 Å². The van der Waals surface area contributed by atoms with Crippen LogP contribution in [0.5, 0.6) is 0 Å². The summed E-state index contributed by atoms with van der Waals surface area (Å²) in [7, 11) is 2.10. The third-order valence-corrected chi connectivity index (χ3v) is 3.10. The van der Waals surface area contributed by atoms with Crippen molar-refractivity contribution >= 4 is 0 Å². The van der Waals surface area contributed by atoms with Crippen molar-refractivity contribution in [1.82, 2.24) is 10.2 Å². The molecule has 11 heavy (non-hydrogen) atoms. The van der Waals surface area contributed by atoms with Crippen molar-refractivity contribution in [1.29, 1.82) is 0 Å². The smallest absolute Gasteiger partial charge is 0.103 e. The van der Waals surface area contributed by atoms with Crippen LogP contribution in [0.25, 0.3) is 0 Å². The lowest BCUT2D eigenvalue weighted by Crippen LogP contribution is -2.70. The third kappa shape index (κ3) is 1.07. The van der Waals surface area contributed by atoms with E-state index < -0.39 is 6.17 Å². The van der Waals surface area contributed by atoms with Gasteiger partial charge in [0, 0.05) is 25.2 Å². The van der Waals surface area contributed by atoms with Crippen molar-refractivity contribution < 1.29 is 4.39 Å². The second-order valence-electron chi connectivity index (χ2n) is 3.84. The minimum Gasteiger partial charge on any atom is -0.313 e. The molecule has 0 bridgehead atoms. The van der Waals surface area contributed by atoms with Gasteiger partial charge >= 0.3 is 0 Å². The zero-order valence-corrected chi connectivity index (χ0v) is 6.94. The molecule has 1 unspecified atom stereocenters. The lowest BCUT2D eigenvalue weighted by atomic mass is 9.81. The summed E-state index contributed by atoms with van der Waals surface area (Å²) in [5, 5.41) is 3.21. The van der Waals surface area contributed by atoms with Crippen LogP contribution in [0, 0.1) is 0 Å². The van der Waals surface area contributed by atoms with E-state index in [0.717, 1.165) is 32.5 Å². The number of hydrogen-bond acceptors (Lipinski definition) is 2. The maximum Gasteiger partial charge on any atom is 0.103 e. The lowest BCUT2D eigenvalue weighted by molar-refractivity contribution is -0.00906. The van der Waals surface area contributed by atoms with Gasteiger partial charge in [-0.2, -0.15) is 0 Å². The summed E-state index contributed by atoms with van der Waals surface area (Å²) in [5.74, 6) is 0. The molecular formula is C8H15FN2. The van der Waals surface area contributed by atoms with Crippen molar-refractivity contribution in [2.45, 2.75) is 24.6 Å². The Morgan fingerprint density at radius 3 is 2.73 bits per heavy atom. The molecule has 0 aromatic rings. The Morgan fingerprint density at radius 1 is 1.55 bits per heavy atom. The highest BCUT2D eigenvalue weighted by Crippen LogP contribution is 2.31. The monoisotopic (exact) mass is 158 g/mol. The zero-order chi connectivity index (χ0) is 7.90. The summed E-state index contributed by atoms with van der Waals surface area (Å²) in [6.45, 7) is 2.87. The quantitative estimate of drug-likeness (QED) is 0.548. The van der Waals surface area contributed by atoms with E-state index in [4.69, 9.17) is 0 Å². The molecule has 3 heteroatoms. The van der Waals surface area contributed by atoms with Crippen LogP contribution in [0.1, 0.15) is 12.8 Å². The van der Waals surface area contributed by atoms with Crippen molar-refractivity contribution in [3.8, 4) is 0 Å². The van der Waals surface area contributed by atoms with E-state index in [9.17, 15) is 4.39 Å². The molecule has 2 rings (SSSR count). The standard InChI is InChI=1S/C8H15FN2/c1-11-3-2-7(9)4-8(11)5-10-6-8/h7,10H,2-6H2,1H3. The van der Waals surface area contributed by atoms with E-state index in [1.54, 1.807) is 0 Å². The van der Waals surface area contributed by atoms with Gasteiger partial charge in [-0.05, 0) is 19.9 Å². The number of halogens is 1. The van der Waals surface area contributed by atoms with Crippen LogP contribution in [0.4, 0.5) is 4.39 Å². The lowest BCUT2D eigenvalue weighted by Gasteiger charge is -2.52. The average Bonchev–Trinajstić information content (AvgIpc) is 1.91. The largest absolute Gasteiger partial charge is 0.313 e. The van der Waals surface area contributed by atoms with Crippen molar-refractivity contribution in [2.75, 3.05) is 26.7 Å². The molecule has 0 saturated carbocycles. The van der Waals surface area contributed by atoms with Gasteiger partial charge in [-0.3, -0.25) is 4.90 Å². The fraction of sp³-hybridized carbons (Fsp3) is 1.00. The molecule has 1 N–H and O–H groups in total. The minimum atomic E-state index is -0.562. The fourth-order valence-corrected chi connectivity index (χ4v) is 2.07. The van der Waals surface area contributed by atoms with Crippen LogP contribution in [0.2, 0.25) is 0 Å².